The van der Waals surface area contributed by atoms with Crippen molar-refractivity contribution in [2.75, 3.05) is 35.7 Å². The number of hydrogen-bond acceptors (Lipinski definition) is 6. The molecule has 4 rings (SSSR count). The zero-order valence-electron chi connectivity index (χ0n) is 11.6. The molecular formula is C14H15N7. The van der Waals surface area contributed by atoms with Crippen LogP contribution < -0.4 is 15.5 Å². The van der Waals surface area contributed by atoms with Gasteiger partial charge in [-0.3, -0.25) is 5.10 Å². The third kappa shape index (κ3) is 1.78. The summed E-state index contributed by atoms with van der Waals surface area (Å²) in [5.74, 6) is 1.05. The number of anilines is 4. The van der Waals surface area contributed by atoms with Gasteiger partial charge in [-0.15, -0.1) is 0 Å². The van der Waals surface area contributed by atoms with Crippen LogP contribution >= 0.6 is 0 Å². The fraction of sp³-hybridized carbons (Fsp3) is 0.214. The Morgan fingerprint density at radius 3 is 2.81 bits per heavy atom. The number of fused-ring (bicyclic) bond motifs is 2. The molecule has 1 aromatic carbocycles. The lowest BCUT2D eigenvalue weighted by Gasteiger charge is -2.36. The molecule has 21 heavy (non-hydrogen) atoms. The molecule has 7 heteroatoms. The van der Waals surface area contributed by atoms with Gasteiger partial charge in [-0.05, 0) is 12.1 Å². The summed E-state index contributed by atoms with van der Waals surface area (Å²) >= 11 is 0. The van der Waals surface area contributed by atoms with Gasteiger partial charge in [0.05, 0.1) is 23.0 Å². The van der Waals surface area contributed by atoms with E-state index in [-0.39, 0.29) is 5.95 Å². The fourth-order valence-corrected chi connectivity index (χ4v) is 2.77. The molecule has 3 N–H and O–H groups in total. The van der Waals surface area contributed by atoms with Gasteiger partial charge in [-0.1, -0.05) is 12.1 Å². The predicted molar refractivity (Wildman–Crippen MR) is 82.8 cm³/mol. The third-order valence-corrected chi connectivity index (χ3v) is 3.81. The zero-order chi connectivity index (χ0) is 14.4. The number of nitrogens with two attached hydrogens (primary N) is 1. The van der Waals surface area contributed by atoms with Gasteiger partial charge in [0.2, 0.25) is 5.95 Å². The second kappa shape index (κ2) is 4.34. The van der Waals surface area contributed by atoms with Gasteiger partial charge < -0.3 is 15.5 Å². The first-order valence-electron chi connectivity index (χ1n) is 6.78. The topological polar surface area (TPSA) is 87.0 Å². The molecule has 0 atom stereocenters. The number of benzene rings is 1. The van der Waals surface area contributed by atoms with E-state index in [1.165, 1.54) is 5.69 Å². The lowest BCUT2D eigenvalue weighted by Crippen LogP contribution is -2.37. The van der Waals surface area contributed by atoms with Crippen LogP contribution in [0.25, 0.3) is 11.0 Å². The number of hydrogen-bond donors (Lipinski definition) is 2. The summed E-state index contributed by atoms with van der Waals surface area (Å²) in [7, 11) is 2.10. The standard InChI is InChI=1S/C14H15N7/c1-20-6-7-21(11-5-3-2-4-10(11)20)13-9-8-16-19-12(9)17-14(15)18-13/h2-5,8H,6-7H2,1H3,(H3,15,16,17,18,19). The number of aromatic nitrogens is 4. The first-order valence-corrected chi connectivity index (χ1v) is 6.78. The van der Waals surface area contributed by atoms with E-state index in [4.69, 9.17) is 5.73 Å². The highest BCUT2D eigenvalue weighted by molar-refractivity contribution is 5.92. The minimum Gasteiger partial charge on any atom is -0.371 e. The van der Waals surface area contributed by atoms with Crippen LogP contribution in [0.4, 0.5) is 23.1 Å². The van der Waals surface area contributed by atoms with Crippen molar-refractivity contribution in [1.29, 1.82) is 0 Å². The largest absolute Gasteiger partial charge is 0.371 e. The van der Waals surface area contributed by atoms with E-state index >= 15 is 0 Å². The Morgan fingerprint density at radius 2 is 1.95 bits per heavy atom. The van der Waals surface area contributed by atoms with Gasteiger partial charge in [0, 0.05) is 20.1 Å². The molecule has 0 saturated carbocycles. The Bertz CT molecular complexity index is 810. The predicted octanol–water partition coefficient (Wildman–Crippen LogP) is 1.52. The number of H-pyrrole nitrogens is 1. The van der Waals surface area contributed by atoms with E-state index in [1.54, 1.807) is 6.20 Å². The molecule has 0 bridgehead atoms. The van der Waals surface area contributed by atoms with E-state index in [9.17, 15) is 0 Å². The maximum atomic E-state index is 5.83. The van der Waals surface area contributed by atoms with Crippen LogP contribution in [0.5, 0.6) is 0 Å². The van der Waals surface area contributed by atoms with Crippen molar-refractivity contribution in [2.24, 2.45) is 0 Å². The van der Waals surface area contributed by atoms with Gasteiger partial charge in [-0.25, -0.2) is 0 Å². The minimum atomic E-state index is 0.248. The minimum absolute atomic E-state index is 0.248. The van der Waals surface area contributed by atoms with Crippen molar-refractivity contribution in [3.8, 4) is 0 Å². The molecule has 0 radical (unpaired) electrons. The van der Waals surface area contributed by atoms with Gasteiger partial charge in [-0.2, -0.15) is 15.1 Å². The van der Waals surface area contributed by atoms with Crippen LogP contribution in [0.3, 0.4) is 0 Å². The zero-order valence-corrected chi connectivity index (χ0v) is 11.6. The summed E-state index contributed by atoms with van der Waals surface area (Å²) in [6.45, 7) is 1.75. The number of likely N-dealkylation sites (N-methyl/N-ethyl adjacent to an activating group) is 1. The Hall–Kier alpha value is -2.83. The molecule has 0 unspecified atom stereocenters. The molecule has 0 aliphatic carbocycles. The van der Waals surface area contributed by atoms with Crippen LogP contribution in [0.1, 0.15) is 0 Å². The Kier molecular flexibility index (Phi) is 2.47. The van der Waals surface area contributed by atoms with E-state index in [0.717, 1.165) is 30.0 Å². The Morgan fingerprint density at radius 1 is 1.14 bits per heavy atom. The SMILES string of the molecule is CN1CCN(c2nc(N)nc3[nH]ncc23)c2ccccc21. The molecule has 3 heterocycles. The third-order valence-electron chi connectivity index (χ3n) is 3.81. The van der Waals surface area contributed by atoms with Crippen molar-refractivity contribution in [3.63, 3.8) is 0 Å². The molecule has 1 aliphatic rings. The maximum Gasteiger partial charge on any atom is 0.224 e. The van der Waals surface area contributed by atoms with Crippen LogP contribution in [0.2, 0.25) is 0 Å². The summed E-state index contributed by atoms with van der Waals surface area (Å²) in [5, 5.41) is 7.78. The molecule has 106 valence electrons. The molecule has 3 aromatic rings. The monoisotopic (exact) mass is 281 g/mol. The lowest BCUT2D eigenvalue weighted by molar-refractivity contribution is 0.815. The first kappa shape index (κ1) is 12.0. The van der Waals surface area contributed by atoms with E-state index < -0.39 is 0 Å². The number of para-hydroxylation sites is 2. The number of nitrogens with zero attached hydrogens (tertiary/aromatic N) is 5. The molecule has 2 aromatic heterocycles. The average molecular weight is 281 g/mol. The second-order valence-electron chi connectivity index (χ2n) is 5.10. The highest BCUT2D eigenvalue weighted by Gasteiger charge is 2.24. The Labute approximate surface area is 121 Å². The van der Waals surface area contributed by atoms with E-state index in [2.05, 4.69) is 49.1 Å². The van der Waals surface area contributed by atoms with Crippen LogP contribution in [-0.4, -0.2) is 40.3 Å². The molecule has 7 nitrogen and oxygen atoms in total. The van der Waals surface area contributed by atoms with Crippen molar-refractivity contribution >= 4 is 34.2 Å². The molecule has 0 fully saturated rings. The van der Waals surface area contributed by atoms with Crippen LogP contribution in [-0.2, 0) is 0 Å². The number of nitrogens with one attached hydrogen (secondary N) is 1. The first-order chi connectivity index (χ1) is 10.2. The molecule has 0 saturated heterocycles. The molecular weight excluding hydrogens is 266 g/mol. The van der Waals surface area contributed by atoms with Gasteiger partial charge in [0.25, 0.3) is 0 Å². The van der Waals surface area contributed by atoms with Crippen LogP contribution in [0, 0.1) is 0 Å². The van der Waals surface area contributed by atoms with Crippen molar-refractivity contribution in [1.82, 2.24) is 20.2 Å². The number of nitrogen functional groups attached to an aromatic ring is 1. The summed E-state index contributed by atoms with van der Waals surface area (Å²) < 4.78 is 0. The smallest absolute Gasteiger partial charge is 0.224 e. The maximum absolute atomic E-state index is 5.83. The van der Waals surface area contributed by atoms with Crippen molar-refractivity contribution in [3.05, 3.63) is 30.5 Å². The normalized spacial score (nSPS) is 14.5. The number of aromatic amines is 1. The quantitative estimate of drug-likeness (QED) is 0.703. The van der Waals surface area contributed by atoms with E-state index in [0.29, 0.717) is 5.65 Å². The van der Waals surface area contributed by atoms with Gasteiger partial charge in [0.15, 0.2) is 5.65 Å². The van der Waals surface area contributed by atoms with E-state index in [1.807, 2.05) is 12.1 Å². The second-order valence-corrected chi connectivity index (χ2v) is 5.10. The molecule has 0 amide bonds. The lowest BCUT2D eigenvalue weighted by atomic mass is 10.1. The highest BCUT2D eigenvalue weighted by atomic mass is 15.3. The summed E-state index contributed by atoms with van der Waals surface area (Å²) in [4.78, 5) is 13.0. The fourth-order valence-electron chi connectivity index (χ4n) is 2.77. The van der Waals surface area contributed by atoms with Crippen molar-refractivity contribution in [2.45, 2.75) is 0 Å². The average Bonchev–Trinajstić information content (AvgIpc) is 2.95. The summed E-state index contributed by atoms with van der Waals surface area (Å²) in [6, 6.07) is 8.27. The summed E-state index contributed by atoms with van der Waals surface area (Å²) in [5.41, 5.74) is 8.79. The molecule has 0 spiro atoms. The van der Waals surface area contributed by atoms with Gasteiger partial charge in [0.1, 0.15) is 5.82 Å². The van der Waals surface area contributed by atoms with Crippen LogP contribution in [0.15, 0.2) is 30.5 Å². The number of rotatable bonds is 1. The molecule has 1 aliphatic heterocycles. The Balaban J connectivity index is 1.94. The summed E-state index contributed by atoms with van der Waals surface area (Å²) in [6.07, 6.45) is 1.74. The highest BCUT2D eigenvalue weighted by Crippen LogP contribution is 2.38. The van der Waals surface area contributed by atoms with Crippen molar-refractivity contribution < 1.29 is 0 Å². The van der Waals surface area contributed by atoms with Gasteiger partial charge >= 0.3 is 0 Å².